The predicted molar refractivity (Wildman–Crippen MR) is 77.0 cm³/mol. The molecule has 2 nitrogen and oxygen atoms in total. The van der Waals surface area contributed by atoms with E-state index in [4.69, 9.17) is 10.5 Å². The zero-order chi connectivity index (χ0) is 12.4. The second kappa shape index (κ2) is 5.39. The molecule has 1 aromatic heterocycles. The van der Waals surface area contributed by atoms with Crippen LogP contribution in [0, 0.1) is 5.92 Å². The molecule has 3 rings (SSSR count). The molecule has 1 atom stereocenters. The van der Waals surface area contributed by atoms with Crippen LogP contribution in [0.1, 0.15) is 18.4 Å². The SMILES string of the molecule is NC(Cc1csc2ccccc12)C1CCOCC1. The van der Waals surface area contributed by atoms with Crippen LogP contribution < -0.4 is 5.73 Å². The third-order valence-corrected chi connectivity index (χ3v) is 4.90. The Labute approximate surface area is 112 Å². The van der Waals surface area contributed by atoms with Gasteiger partial charge in [-0.3, -0.25) is 0 Å². The molecule has 1 saturated heterocycles. The molecule has 1 aliphatic rings. The van der Waals surface area contributed by atoms with Gasteiger partial charge >= 0.3 is 0 Å². The van der Waals surface area contributed by atoms with Crippen LogP contribution in [0.25, 0.3) is 10.1 Å². The Bertz CT molecular complexity index is 516. The van der Waals surface area contributed by atoms with Crippen LogP contribution in [0.3, 0.4) is 0 Å². The second-order valence-electron chi connectivity index (χ2n) is 5.07. The van der Waals surface area contributed by atoms with E-state index < -0.39 is 0 Å². The minimum Gasteiger partial charge on any atom is -0.381 e. The highest BCUT2D eigenvalue weighted by Gasteiger charge is 2.21. The molecule has 0 amide bonds. The summed E-state index contributed by atoms with van der Waals surface area (Å²) in [5.41, 5.74) is 7.79. The number of ether oxygens (including phenoxy) is 1. The first-order valence-electron chi connectivity index (χ1n) is 6.63. The maximum atomic E-state index is 6.38. The quantitative estimate of drug-likeness (QED) is 0.921. The molecule has 2 N–H and O–H groups in total. The lowest BCUT2D eigenvalue weighted by Crippen LogP contribution is -2.35. The number of hydrogen-bond donors (Lipinski definition) is 1. The molecule has 0 saturated carbocycles. The molecule has 2 heterocycles. The summed E-state index contributed by atoms with van der Waals surface area (Å²) in [7, 11) is 0. The Balaban J connectivity index is 1.75. The van der Waals surface area contributed by atoms with Gasteiger partial charge in [-0.05, 0) is 47.6 Å². The van der Waals surface area contributed by atoms with E-state index in [0.717, 1.165) is 32.5 Å². The van der Waals surface area contributed by atoms with Crippen molar-refractivity contribution in [3.63, 3.8) is 0 Å². The summed E-state index contributed by atoms with van der Waals surface area (Å²) in [6.07, 6.45) is 3.22. The van der Waals surface area contributed by atoms with Crippen molar-refractivity contribution >= 4 is 21.4 Å². The zero-order valence-corrected chi connectivity index (χ0v) is 11.3. The van der Waals surface area contributed by atoms with Gasteiger partial charge in [-0.15, -0.1) is 11.3 Å². The minimum absolute atomic E-state index is 0.270. The van der Waals surface area contributed by atoms with Crippen molar-refractivity contribution < 1.29 is 4.74 Å². The van der Waals surface area contributed by atoms with E-state index in [-0.39, 0.29) is 6.04 Å². The maximum absolute atomic E-state index is 6.38. The van der Waals surface area contributed by atoms with Crippen LogP contribution in [0.5, 0.6) is 0 Å². The normalized spacial score (nSPS) is 19.2. The van der Waals surface area contributed by atoms with Crippen molar-refractivity contribution in [3.05, 3.63) is 35.2 Å². The maximum Gasteiger partial charge on any atom is 0.0469 e. The average Bonchev–Trinajstić information content (AvgIpc) is 2.83. The van der Waals surface area contributed by atoms with Gasteiger partial charge in [0, 0.05) is 24.0 Å². The number of nitrogens with two attached hydrogens (primary N) is 1. The molecule has 18 heavy (non-hydrogen) atoms. The van der Waals surface area contributed by atoms with Crippen LogP contribution >= 0.6 is 11.3 Å². The topological polar surface area (TPSA) is 35.2 Å². The molecule has 2 aromatic rings. The smallest absolute Gasteiger partial charge is 0.0469 e. The van der Waals surface area contributed by atoms with Crippen molar-refractivity contribution in [1.29, 1.82) is 0 Å². The lowest BCUT2D eigenvalue weighted by Gasteiger charge is -2.27. The van der Waals surface area contributed by atoms with E-state index in [1.165, 1.54) is 15.6 Å². The van der Waals surface area contributed by atoms with Gasteiger partial charge in [-0.2, -0.15) is 0 Å². The van der Waals surface area contributed by atoms with Gasteiger partial charge in [0.2, 0.25) is 0 Å². The monoisotopic (exact) mass is 261 g/mol. The molecule has 0 bridgehead atoms. The Hall–Kier alpha value is -0.900. The van der Waals surface area contributed by atoms with Gasteiger partial charge in [0.25, 0.3) is 0 Å². The zero-order valence-electron chi connectivity index (χ0n) is 10.5. The molecule has 1 fully saturated rings. The number of benzene rings is 1. The molecule has 0 spiro atoms. The highest BCUT2D eigenvalue weighted by molar-refractivity contribution is 7.17. The number of fused-ring (bicyclic) bond motifs is 1. The molecule has 0 radical (unpaired) electrons. The van der Waals surface area contributed by atoms with Crippen molar-refractivity contribution in [2.45, 2.75) is 25.3 Å². The fraction of sp³-hybridized carbons (Fsp3) is 0.467. The van der Waals surface area contributed by atoms with Gasteiger partial charge < -0.3 is 10.5 Å². The van der Waals surface area contributed by atoms with Gasteiger partial charge in [-0.1, -0.05) is 18.2 Å². The first kappa shape index (κ1) is 12.2. The summed E-state index contributed by atoms with van der Waals surface area (Å²) in [5, 5.41) is 3.65. The van der Waals surface area contributed by atoms with Crippen LogP contribution in [0.15, 0.2) is 29.6 Å². The Morgan fingerprint density at radius 2 is 2.06 bits per heavy atom. The van der Waals surface area contributed by atoms with Crippen LogP contribution in [-0.2, 0) is 11.2 Å². The Morgan fingerprint density at radius 3 is 2.89 bits per heavy atom. The Kier molecular flexibility index (Phi) is 3.64. The Morgan fingerprint density at radius 1 is 1.28 bits per heavy atom. The van der Waals surface area contributed by atoms with Crippen LogP contribution in [0.2, 0.25) is 0 Å². The third kappa shape index (κ3) is 2.44. The lowest BCUT2D eigenvalue weighted by molar-refractivity contribution is 0.0585. The second-order valence-corrected chi connectivity index (χ2v) is 5.99. The summed E-state index contributed by atoms with van der Waals surface area (Å²) in [4.78, 5) is 0. The first-order chi connectivity index (χ1) is 8.84. The van der Waals surface area contributed by atoms with Gasteiger partial charge in [0.1, 0.15) is 0 Å². The molecular formula is C15H19NOS. The molecule has 96 valence electrons. The number of hydrogen-bond acceptors (Lipinski definition) is 3. The summed E-state index contributed by atoms with van der Waals surface area (Å²) < 4.78 is 6.77. The van der Waals surface area contributed by atoms with E-state index in [9.17, 15) is 0 Å². The van der Waals surface area contributed by atoms with E-state index in [2.05, 4.69) is 29.6 Å². The van der Waals surface area contributed by atoms with E-state index in [1.807, 2.05) is 11.3 Å². The standard InChI is InChI=1S/C15H19NOS/c16-14(11-5-7-17-8-6-11)9-12-10-18-15-4-2-1-3-13(12)15/h1-4,10-11,14H,5-9,16H2. The molecule has 1 aromatic carbocycles. The largest absolute Gasteiger partial charge is 0.381 e. The first-order valence-corrected chi connectivity index (χ1v) is 7.51. The highest BCUT2D eigenvalue weighted by atomic mass is 32.1. The summed E-state index contributed by atoms with van der Waals surface area (Å²) in [5.74, 6) is 0.623. The molecule has 0 aliphatic carbocycles. The number of thiophene rings is 1. The van der Waals surface area contributed by atoms with Crippen molar-refractivity contribution in [3.8, 4) is 0 Å². The van der Waals surface area contributed by atoms with Crippen LogP contribution in [-0.4, -0.2) is 19.3 Å². The fourth-order valence-corrected chi connectivity index (χ4v) is 3.73. The molecule has 3 heteroatoms. The van der Waals surface area contributed by atoms with E-state index in [0.29, 0.717) is 5.92 Å². The molecule has 1 unspecified atom stereocenters. The lowest BCUT2D eigenvalue weighted by atomic mass is 9.88. The van der Waals surface area contributed by atoms with E-state index >= 15 is 0 Å². The molecular weight excluding hydrogens is 242 g/mol. The highest BCUT2D eigenvalue weighted by Crippen LogP contribution is 2.28. The van der Waals surface area contributed by atoms with Crippen molar-refractivity contribution in [2.24, 2.45) is 11.7 Å². The summed E-state index contributed by atoms with van der Waals surface area (Å²) in [6.45, 7) is 1.76. The van der Waals surface area contributed by atoms with Crippen LogP contribution in [0.4, 0.5) is 0 Å². The third-order valence-electron chi connectivity index (χ3n) is 3.89. The number of rotatable bonds is 3. The van der Waals surface area contributed by atoms with Gasteiger partial charge in [-0.25, -0.2) is 0 Å². The minimum atomic E-state index is 0.270. The van der Waals surface area contributed by atoms with Crippen molar-refractivity contribution in [1.82, 2.24) is 0 Å². The van der Waals surface area contributed by atoms with E-state index in [1.54, 1.807) is 0 Å². The average molecular weight is 261 g/mol. The molecule has 1 aliphatic heterocycles. The summed E-state index contributed by atoms with van der Waals surface area (Å²) in [6, 6.07) is 8.87. The van der Waals surface area contributed by atoms with Gasteiger partial charge in [0.15, 0.2) is 0 Å². The van der Waals surface area contributed by atoms with Crippen molar-refractivity contribution in [2.75, 3.05) is 13.2 Å². The van der Waals surface area contributed by atoms with Gasteiger partial charge in [0.05, 0.1) is 0 Å². The predicted octanol–water partition coefficient (Wildman–Crippen LogP) is 3.20. The summed E-state index contributed by atoms with van der Waals surface area (Å²) >= 11 is 1.82. The fourth-order valence-electron chi connectivity index (χ4n) is 2.76.